The lowest BCUT2D eigenvalue weighted by atomic mass is 9.86. The molecule has 1 saturated heterocycles. The Balaban J connectivity index is 1.75. The van der Waals surface area contributed by atoms with Gasteiger partial charge in [0.05, 0.1) is 6.61 Å². The van der Waals surface area contributed by atoms with E-state index in [0.717, 1.165) is 37.2 Å². The van der Waals surface area contributed by atoms with Crippen LogP contribution in [0.5, 0.6) is 0 Å². The summed E-state index contributed by atoms with van der Waals surface area (Å²) in [6, 6.07) is 19.3. The fourth-order valence-electron chi connectivity index (χ4n) is 3.93. The highest BCUT2D eigenvalue weighted by Gasteiger charge is 2.44. The van der Waals surface area contributed by atoms with Crippen LogP contribution in [0.2, 0.25) is 0 Å². The Bertz CT molecular complexity index is 672. The fourth-order valence-corrected chi connectivity index (χ4v) is 3.93. The van der Waals surface area contributed by atoms with Gasteiger partial charge >= 0.3 is 5.97 Å². The minimum atomic E-state index is -1.23. The molecule has 0 radical (unpaired) electrons. The quantitative estimate of drug-likeness (QED) is 0.477. The maximum absolute atomic E-state index is 13.3. The van der Waals surface area contributed by atoms with Crippen LogP contribution in [0.15, 0.2) is 60.7 Å². The number of benzene rings is 2. The van der Waals surface area contributed by atoms with Gasteiger partial charge in [-0.1, -0.05) is 67.1 Å². The predicted molar refractivity (Wildman–Crippen MR) is 111 cm³/mol. The Kier molecular flexibility index (Phi) is 7.63. The monoisotopic (exact) mass is 381 g/mol. The molecule has 1 aliphatic heterocycles. The van der Waals surface area contributed by atoms with Crippen LogP contribution in [0.4, 0.5) is 0 Å². The van der Waals surface area contributed by atoms with Crippen LogP contribution in [0.25, 0.3) is 0 Å². The van der Waals surface area contributed by atoms with Gasteiger partial charge in [-0.05, 0) is 50.4 Å². The molecule has 0 saturated carbocycles. The average molecular weight is 382 g/mol. The summed E-state index contributed by atoms with van der Waals surface area (Å²) in [5.41, 5.74) is 0.357. The van der Waals surface area contributed by atoms with Crippen molar-refractivity contribution in [2.45, 2.75) is 38.2 Å². The van der Waals surface area contributed by atoms with E-state index < -0.39 is 5.60 Å². The van der Waals surface area contributed by atoms with Gasteiger partial charge in [0.2, 0.25) is 5.60 Å². The van der Waals surface area contributed by atoms with Gasteiger partial charge < -0.3 is 14.4 Å². The largest absolute Gasteiger partial charge is 0.463 e. The molecule has 150 valence electrons. The highest BCUT2D eigenvalue weighted by Crippen LogP contribution is 2.35. The van der Waals surface area contributed by atoms with Crippen molar-refractivity contribution in [2.24, 2.45) is 0 Å². The minimum absolute atomic E-state index is 0.342. The summed E-state index contributed by atoms with van der Waals surface area (Å²) >= 11 is 0. The highest BCUT2D eigenvalue weighted by molar-refractivity contribution is 5.85. The minimum Gasteiger partial charge on any atom is -0.463 e. The molecular formula is C24H31NO3. The molecule has 1 heterocycles. The van der Waals surface area contributed by atoms with Crippen molar-refractivity contribution >= 4 is 5.97 Å². The van der Waals surface area contributed by atoms with E-state index in [1.54, 1.807) is 0 Å². The fraction of sp³-hybridized carbons (Fsp3) is 0.458. The smallest absolute Gasteiger partial charge is 0.347 e. The van der Waals surface area contributed by atoms with E-state index in [4.69, 9.17) is 9.47 Å². The summed E-state index contributed by atoms with van der Waals surface area (Å²) in [5.74, 6) is -0.342. The van der Waals surface area contributed by atoms with Gasteiger partial charge in [0.15, 0.2) is 0 Å². The molecule has 0 N–H and O–H groups in total. The van der Waals surface area contributed by atoms with Crippen molar-refractivity contribution in [1.29, 1.82) is 0 Å². The Morgan fingerprint density at radius 1 is 0.929 bits per heavy atom. The van der Waals surface area contributed by atoms with E-state index in [1.807, 2.05) is 67.6 Å². The van der Waals surface area contributed by atoms with Crippen molar-refractivity contribution < 1.29 is 14.3 Å². The molecule has 4 heteroatoms. The average Bonchev–Trinajstić information content (AvgIpc) is 2.77. The molecule has 0 spiro atoms. The second-order valence-electron chi connectivity index (χ2n) is 7.24. The van der Waals surface area contributed by atoms with Crippen LogP contribution in [0, 0.1) is 0 Å². The number of likely N-dealkylation sites (tertiary alicyclic amines) is 1. The van der Waals surface area contributed by atoms with Crippen molar-refractivity contribution in [3.63, 3.8) is 0 Å². The number of ether oxygens (including phenoxy) is 2. The molecular weight excluding hydrogens is 350 g/mol. The van der Waals surface area contributed by atoms with Gasteiger partial charge in [-0.3, -0.25) is 0 Å². The Morgan fingerprint density at radius 3 is 2.04 bits per heavy atom. The first-order valence-electron chi connectivity index (χ1n) is 10.4. The Labute approximate surface area is 168 Å². The summed E-state index contributed by atoms with van der Waals surface area (Å²) in [5, 5.41) is 0. The molecule has 0 aliphatic carbocycles. The first kappa shape index (κ1) is 20.6. The summed E-state index contributed by atoms with van der Waals surface area (Å²) in [6.07, 6.45) is 4.72. The number of piperidine rings is 1. The molecule has 1 fully saturated rings. The van der Waals surface area contributed by atoms with Crippen LogP contribution >= 0.6 is 0 Å². The normalized spacial score (nSPS) is 15.3. The molecule has 4 nitrogen and oxygen atoms in total. The van der Waals surface area contributed by atoms with Gasteiger partial charge in [-0.2, -0.15) is 0 Å². The molecule has 2 aromatic rings. The van der Waals surface area contributed by atoms with Crippen LogP contribution < -0.4 is 0 Å². The lowest BCUT2D eigenvalue weighted by Gasteiger charge is -2.32. The zero-order valence-corrected chi connectivity index (χ0v) is 16.8. The third kappa shape index (κ3) is 4.81. The molecule has 1 aliphatic rings. The van der Waals surface area contributed by atoms with Crippen LogP contribution in [0.3, 0.4) is 0 Å². The van der Waals surface area contributed by atoms with Crippen molar-refractivity contribution in [2.75, 3.05) is 32.8 Å². The van der Waals surface area contributed by atoms with Crippen molar-refractivity contribution in [3.8, 4) is 0 Å². The topological polar surface area (TPSA) is 38.8 Å². The molecule has 0 unspecified atom stereocenters. The second-order valence-corrected chi connectivity index (χ2v) is 7.24. The van der Waals surface area contributed by atoms with E-state index in [1.165, 1.54) is 19.3 Å². The van der Waals surface area contributed by atoms with Gasteiger partial charge in [0, 0.05) is 13.2 Å². The third-order valence-corrected chi connectivity index (χ3v) is 5.31. The van der Waals surface area contributed by atoms with Crippen LogP contribution in [-0.2, 0) is 19.9 Å². The Morgan fingerprint density at radius 2 is 1.50 bits per heavy atom. The zero-order chi connectivity index (χ0) is 19.7. The van der Waals surface area contributed by atoms with E-state index in [9.17, 15) is 4.79 Å². The predicted octanol–water partition coefficient (Wildman–Crippen LogP) is 4.39. The first-order valence-corrected chi connectivity index (χ1v) is 10.4. The maximum atomic E-state index is 13.3. The van der Waals surface area contributed by atoms with Crippen molar-refractivity contribution in [3.05, 3.63) is 71.8 Å². The number of hydrogen-bond donors (Lipinski definition) is 0. The highest BCUT2D eigenvalue weighted by atomic mass is 16.6. The van der Waals surface area contributed by atoms with E-state index in [0.29, 0.717) is 13.2 Å². The Hall–Kier alpha value is -2.17. The lowest BCUT2D eigenvalue weighted by Crippen LogP contribution is -2.42. The first-order chi connectivity index (χ1) is 13.8. The van der Waals surface area contributed by atoms with E-state index >= 15 is 0 Å². The van der Waals surface area contributed by atoms with Gasteiger partial charge in [-0.15, -0.1) is 0 Å². The SMILES string of the molecule is CCOC(C(=O)OCCCN1CCCCC1)(c1ccccc1)c1ccccc1. The molecule has 0 amide bonds. The van der Waals surface area contributed by atoms with Crippen molar-refractivity contribution in [1.82, 2.24) is 4.90 Å². The summed E-state index contributed by atoms with van der Waals surface area (Å²) in [6.45, 7) is 6.02. The summed E-state index contributed by atoms with van der Waals surface area (Å²) < 4.78 is 11.9. The second kappa shape index (κ2) is 10.4. The molecule has 3 rings (SSSR count). The van der Waals surface area contributed by atoms with E-state index in [2.05, 4.69) is 4.90 Å². The van der Waals surface area contributed by atoms with Crippen LogP contribution in [0.1, 0.15) is 43.7 Å². The molecule has 0 bridgehead atoms. The van der Waals surface area contributed by atoms with Gasteiger partial charge in [0.1, 0.15) is 0 Å². The zero-order valence-electron chi connectivity index (χ0n) is 16.8. The lowest BCUT2D eigenvalue weighted by molar-refractivity contribution is -0.168. The van der Waals surface area contributed by atoms with Gasteiger partial charge in [-0.25, -0.2) is 4.79 Å². The maximum Gasteiger partial charge on any atom is 0.347 e. The number of carbonyl (C=O) groups is 1. The third-order valence-electron chi connectivity index (χ3n) is 5.31. The number of carbonyl (C=O) groups excluding carboxylic acids is 1. The number of nitrogens with zero attached hydrogens (tertiary/aromatic N) is 1. The molecule has 0 aromatic heterocycles. The standard InChI is InChI=1S/C24H31NO3/c1-2-28-24(21-13-6-3-7-14-21,22-15-8-4-9-16-22)23(26)27-20-12-19-25-17-10-5-11-18-25/h3-4,6-9,13-16H,2,5,10-12,17-20H2,1H3. The van der Waals surface area contributed by atoms with Crippen LogP contribution in [-0.4, -0.2) is 43.7 Å². The summed E-state index contributed by atoms with van der Waals surface area (Å²) in [4.78, 5) is 15.8. The van der Waals surface area contributed by atoms with Gasteiger partial charge in [0.25, 0.3) is 0 Å². The summed E-state index contributed by atoms with van der Waals surface area (Å²) in [7, 11) is 0. The number of hydrogen-bond acceptors (Lipinski definition) is 4. The number of esters is 1. The van der Waals surface area contributed by atoms with E-state index in [-0.39, 0.29) is 5.97 Å². The molecule has 2 aromatic carbocycles. The molecule has 0 atom stereocenters. The molecule has 28 heavy (non-hydrogen) atoms. The number of rotatable bonds is 9.